The standard InChI is InChI=1S/C15H23FN2O/c1-4-5-12-10-18(11(2)9-17-12)13-6-7-14(16)15(8-13)19-3/h6-8,11-12,17H,4-5,9-10H2,1-3H3. The topological polar surface area (TPSA) is 24.5 Å². The molecule has 1 heterocycles. The minimum absolute atomic E-state index is 0.306. The molecule has 1 aliphatic heterocycles. The summed E-state index contributed by atoms with van der Waals surface area (Å²) in [6.45, 7) is 6.31. The van der Waals surface area contributed by atoms with E-state index in [1.165, 1.54) is 26.0 Å². The third-order valence-corrected chi connectivity index (χ3v) is 3.75. The first kappa shape index (κ1) is 14.1. The van der Waals surface area contributed by atoms with Crippen molar-refractivity contribution in [2.75, 3.05) is 25.1 Å². The molecule has 1 N–H and O–H groups in total. The first-order valence-electron chi connectivity index (χ1n) is 6.99. The van der Waals surface area contributed by atoms with Gasteiger partial charge >= 0.3 is 0 Å². The Balaban J connectivity index is 2.18. The van der Waals surface area contributed by atoms with Crippen molar-refractivity contribution in [3.8, 4) is 5.75 Å². The minimum atomic E-state index is -0.306. The molecule has 1 aromatic carbocycles. The number of hydrogen-bond donors (Lipinski definition) is 1. The maximum Gasteiger partial charge on any atom is 0.165 e. The molecule has 106 valence electrons. The Bertz CT molecular complexity index is 425. The molecule has 0 aromatic heterocycles. The largest absolute Gasteiger partial charge is 0.494 e. The zero-order valence-electron chi connectivity index (χ0n) is 11.9. The lowest BCUT2D eigenvalue weighted by Gasteiger charge is -2.40. The maximum absolute atomic E-state index is 13.5. The second-order valence-corrected chi connectivity index (χ2v) is 5.21. The first-order valence-corrected chi connectivity index (χ1v) is 6.99. The number of piperazine rings is 1. The van der Waals surface area contributed by atoms with Crippen LogP contribution in [-0.2, 0) is 0 Å². The molecule has 1 aromatic rings. The Hall–Kier alpha value is -1.29. The molecule has 0 spiro atoms. The van der Waals surface area contributed by atoms with Crippen LogP contribution in [0.3, 0.4) is 0 Å². The van der Waals surface area contributed by atoms with E-state index in [4.69, 9.17) is 4.74 Å². The van der Waals surface area contributed by atoms with Gasteiger partial charge in [0.2, 0.25) is 0 Å². The lowest BCUT2D eigenvalue weighted by Crippen LogP contribution is -2.55. The molecule has 0 saturated carbocycles. The lowest BCUT2D eigenvalue weighted by molar-refractivity contribution is 0.378. The van der Waals surface area contributed by atoms with Crippen molar-refractivity contribution in [1.82, 2.24) is 5.32 Å². The summed E-state index contributed by atoms with van der Waals surface area (Å²) in [6.07, 6.45) is 2.34. The molecule has 2 atom stereocenters. The number of methoxy groups -OCH3 is 1. The van der Waals surface area contributed by atoms with Crippen molar-refractivity contribution in [1.29, 1.82) is 0 Å². The van der Waals surface area contributed by atoms with Gasteiger partial charge in [-0.1, -0.05) is 13.3 Å². The molecule has 0 radical (unpaired) electrons. The SMILES string of the molecule is CCCC1CN(c2ccc(F)c(OC)c2)C(C)CN1. The average Bonchev–Trinajstić information content (AvgIpc) is 2.42. The molecular formula is C15H23FN2O. The summed E-state index contributed by atoms with van der Waals surface area (Å²) in [6, 6.07) is 6.03. The van der Waals surface area contributed by atoms with E-state index in [2.05, 4.69) is 24.1 Å². The lowest BCUT2D eigenvalue weighted by atomic mass is 10.0. The maximum atomic E-state index is 13.5. The quantitative estimate of drug-likeness (QED) is 0.907. The van der Waals surface area contributed by atoms with Crippen LogP contribution >= 0.6 is 0 Å². The smallest absolute Gasteiger partial charge is 0.165 e. The van der Waals surface area contributed by atoms with Crippen LogP contribution in [0.15, 0.2) is 18.2 Å². The van der Waals surface area contributed by atoms with Gasteiger partial charge in [0, 0.05) is 36.9 Å². The summed E-state index contributed by atoms with van der Waals surface area (Å²) < 4.78 is 18.5. The summed E-state index contributed by atoms with van der Waals surface area (Å²) in [5.74, 6) is 0.00872. The van der Waals surface area contributed by atoms with Crippen LogP contribution in [-0.4, -0.2) is 32.3 Å². The van der Waals surface area contributed by atoms with Crippen LogP contribution in [0.1, 0.15) is 26.7 Å². The Morgan fingerprint density at radius 1 is 1.47 bits per heavy atom. The van der Waals surface area contributed by atoms with Crippen LogP contribution < -0.4 is 15.0 Å². The highest BCUT2D eigenvalue weighted by molar-refractivity contribution is 5.52. The van der Waals surface area contributed by atoms with Gasteiger partial charge in [-0.25, -0.2) is 4.39 Å². The van der Waals surface area contributed by atoms with Crippen molar-refractivity contribution in [3.63, 3.8) is 0 Å². The van der Waals surface area contributed by atoms with Gasteiger partial charge in [-0.3, -0.25) is 0 Å². The summed E-state index contributed by atoms with van der Waals surface area (Å²) >= 11 is 0. The van der Waals surface area contributed by atoms with Gasteiger partial charge in [0.05, 0.1) is 7.11 Å². The van der Waals surface area contributed by atoms with E-state index in [-0.39, 0.29) is 5.82 Å². The highest BCUT2D eigenvalue weighted by Crippen LogP contribution is 2.27. The van der Waals surface area contributed by atoms with Gasteiger partial charge in [-0.15, -0.1) is 0 Å². The van der Waals surface area contributed by atoms with Gasteiger partial charge in [0.15, 0.2) is 11.6 Å². The van der Waals surface area contributed by atoms with E-state index in [1.807, 2.05) is 6.07 Å². The zero-order chi connectivity index (χ0) is 13.8. The van der Waals surface area contributed by atoms with Gasteiger partial charge < -0.3 is 15.0 Å². The van der Waals surface area contributed by atoms with E-state index in [9.17, 15) is 4.39 Å². The Kier molecular flexibility index (Phi) is 4.64. The Morgan fingerprint density at radius 2 is 2.26 bits per heavy atom. The Labute approximate surface area is 114 Å². The normalized spacial score (nSPS) is 23.5. The second kappa shape index (κ2) is 6.24. The number of nitrogens with zero attached hydrogens (tertiary/aromatic N) is 1. The molecule has 1 saturated heterocycles. The van der Waals surface area contributed by atoms with Gasteiger partial charge in [-0.05, 0) is 25.5 Å². The van der Waals surface area contributed by atoms with Crippen molar-refractivity contribution < 1.29 is 9.13 Å². The van der Waals surface area contributed by atoms with E-state index in [1.54, 1.807) is 6.07 Å². The van der Waals surface area contributed by atoms with E-state index >= 15 is 0 Å². The van der Waals surface area contributed by atoms with Crippen LogP contribution in [0.5, 0.6) is 5.75 Å². The van der Waals surface area contributed by atoms with Crippen LogP contribution in [0, 0.1) is 5.82 Å². The molecule has 3 nitrogen and oxygen atoms in total. The molecule has 19 heavy (non-hydrogen) atoms. The zero-order valence-corrected chi connectivity index (χ0v) is 11.9. The number of rotatable bonds is 4. The first-order chi connectivity index (χ1) is 9.15. The number of anilines is 1. The van der Waals surface area contributed by atoms with Crippen molar-refractivity contribution in [3.05, 3.63) is 24.0 Å². The average molecular weight is 266 g/mol. The second-order valence-electron chi connectivity index (χ2n) is 5.21. The number of benzene rings is 1. The molecule has 1 fully saturated rings. The van der Waals surface area contributed by atoms with E-state index in [0.29, 0.717) is 17.8 Å². The fourth-order valence-corrected chi connectivity index (χ4v) is 2.66. The summed E-state index contributed by atoms with van der Waals surface area (Å²) in [5.41, 5.74) is 1.04. The predicted octanol–water partition coefficient (Wildman–Crippen LogP) is 2.80. The summed E-state index contributed by atoms with van der Waals surface area (Å²) in [7, 11) is 1.50. The summed E-state index contributed by atoms with van der Waals surface area (Å²) in [4.78, 5) is 2.33. The molecule has 0 aliphatic carbocycles. The van der Waals surface area contributed by atoms with Gasteiger partial charge in [0.1, 0.15) is 0 Å². The van der Waals surface area contributed by atoms with Gasteiger partial charge in [0.25, 0.3) is 0 Å². The number of halogens is 1. The molecule has 2 unspecified atom stereocenters. The molecule has 0 amide bonds. The molecule has 1 aliphatic rings. The number of ether oxygens (including phenoxy) is 1. The van der Waals surface area contributed by atoms with E-state index < -0.39 is 0 Å². The fraction of sp³-hybridized carbons (Fsp3) is 0.600. The van der Waals surface area contributed by atoms with Gasteiger partial charge in [-0.2, -0.15) is 0 Å². The predicted molar refractivity (Wildman–Crippen MR) is 76.5 cm³/mol. The molecule has 2 rings (SSSR count). The van der Waals surface area contributed by atoms with E-state index in [0.717, 1.165) is 18.8 Å². The van der Waals surface area contributed by atoms with Crippen LogP contribution in [0.25, 0.3) is 0 Å². The van der Waals surface area contributed by atoms with Crippen LogP contribution in [0.4, 0.5) is 10.1 Å². The van der Waals surface area contributed by atoms with Crippen molar-refractivity contribution in [2.45, 2.75) is 38.8 Å². The van der Waals surface area contributed by atoms with Crippen LogP contribution in [0.2, 0.25) is 0 Å². The third kappa shape index (κ3) is 3.18. The monoisotopic (exact) mass is 266 g/mol. The highest BCUT2D eigenvalue weighted by Gasteiger charge is 2.25. The fourth-order valence-electron chi connectivity index (χ4n) is 2.66. The van der Waals surface area contributed by atoms with Crippen molar-refractivity contribution >= 4 is 5.69 Å². The highest BCUT2D eigenvalue weighted by atomic mass is 19.1. The molecular weight excluding hydrogens is 243 g/mol. The minimum Gasteiger partial charge on any atom is -0.494 e. The molecule has 4 heteroatoms. The summed E-state index contributed by atoms with van der Waals surface area (Å²) in [5, 5.41) is 3.56. The number of nitrogens with one attached hydrogen (secondary N) is 1. The number of hydrogen-bond acceptors (Lipinski definition) is 3. The van der Waals surface area contributed by atoms with Crippen molar-refractivity contribution in [2.24, 2.45) is 0 Å². The third-order valence-electron chi connectivity index (χ3n) is 3.75. The Morgan fingerprint density at radius 3 is 2.95 bits per heavy atom. The molecule has 0 bridgehead atoms.